The third-order valence-electron chi connectivity index (χ3n) is 1.72. The quantitative estimate of drug-likeness (QED) is 0.797. The van der Waals surface area contributed by atoms with E-state index in [-0.39, 0.29) is 11.6 Å². The molecule has 0 aliphatic heterocycles. The highest BCUT2D eigenvalue weighted by molar-refractivity contribution is 6.31. The maximum Gasteiger partial charge on any atom is 0.354 e. The number of carboxylic acids is 1. The van der Waals surface area contributed by atoms with Gasteiger partial charge in [-0.05, 0) is 17.5 Å². The number of hydrogen-bond donors (Lipinski definition) is 1. The molecule has 0 atom stereocenters. The highest BCUT2D eigenvalue weighted by atomic mass is 35.5. The van der Waals surface area contributed by atoms with Gasteiger partial charge >= 0.3 is 5.97 Å². The lowest BCUT2D eigenvalue weighted by molar-refractivity contribution is 0.0690. The Morgan fingerprint density at radius 2 is 2.23 bits per heavy atom. The first-order valence-electron chi connectivity index (χ1n) is 3.91. The molecule has 0 saturated heterocycles. The molecular weight excluding hydrogens is 190 g/mol. The fourth-order valence-corrected chi connectivity index (χ4v) is 1.35. The molecule has 1 heterocycles. The van der Waals surface area contributed by atoms with E-state index in [0.29, 0.717) is 5.02 Å². The van der Waals surface area contributed by atoms with Gasteiger partial charge in [-0.15, -0.1) is 0 Å². The average Bonchev–Trinajstić information content (AvgIpc) is 2.03. The summed E-state index contributed by atoms with van der Waals surface area (Å²) in [7, 11) is 0. The van der Waals surface area contributed by atoms with Crippen LogP contribution in [0, 0.1) is 0 Å². The van der Waals surface area contributed by atoms with Gasteiger partial charge in [0.15, 0.2) is 0 Å². The van der Waals surface area contributed by atoms with E-state index >= 15 is 0 Å². The smallest absolute Gasteiger partial charge is 0.354 e. The zero-order valence-corrected chi connectivity index (χ0v) is 8.17. The summed E-state index contributed by atoms with van der Waals surface area (Å²) in [6, 6.07) is 1.37. The molecule has 1 aromatic rings. The second kappa shape index (κ2) is 3.75. The molecule has 0 saturated carbocycles. The Balaban J connectivity index is 3.13. The lowest BCUT2D eigenvalue weighted by atomic mass is 10.1. The fourth-order valence-electron chi connectivity index (χ4n) is 0.983. The van der Waals surface area contributed by atoms with Crippen molar-refractivity contribution in [2.75, 3.05) is 0 Å². The van der Waals surface area contributed by atoms with E-state index in [1.54, 1.807) is 0 Å². The third kappa shape index (κ3) is 2.18. The monoisotopic (exact) mass is 199 g/mol. The van der Waals surface area contributed by atoms with Crippen molar-refractivity contribution in [3.63, 3.8) is 0 Å². The molecule has 4 heteroatoms. The van der Waals surface area contributed by atoms with Gasteiger partial charge in [0.05, 0.1) is 0 Å². The predicted molar refractivity (Wildman–Crippen MR) is 50.3 cm³/mol. The summed E-state index contributed by atoms with van der Waals surface area (Å²) in [6.07, 6.45) is 1.51. The van der Waals surface area contributed by atoms with Crippen LogP contribution < -0.4 is 0 Å². The summed E-state index contributed by atoms with van der Waals surface area (Å²) < 4.78 is 0. The number of halogens is 1. The molecule has 13 heavy (non-hydrogen) atoms. The van der Waals surface area contributed by atoms with Crippen molar-refractivity contribution >= 4 is 17.6 Å². The number of aromatic nitrogens is 1. The molecule has 0 unspecified atom stereocenters. The topological polar surface area (TPSA) is 50.2 Å². The highest BCUT2D eigenvalue weighted by Crippen LogP contribution is 2.23. The fraction of sp³-hybridized carbons (Fsp3) is 0.333. The van der Waals surface area contributed by atoms with Crippen molar-refractivity contribution in [1.29, 1.82) is 0 Å². The SMILES string of the molecule is CC(C)c1cnc(C(=O)O)cc1Cl. The minimum Gasteiger partial charge on any atom is -0.477 e. The number of aromatic carboxylic acids is 1. The van der Waals surface area contributed by atoms with Gasteiger partial charge in [0.2, 0.25) is 0 Å². The van der Waals surface area contributed by atoms with Gasteiger partial charge in [-0.3, -0.25) is 0 Å². The van der Waals surface area contributed by atoms with Gasteiger partial charge in [-0.1, -0.05) is 25.4 Å². The Kier molecular flexibility index (Phi) is 2.88. The molecule has 0 fully saturated rings. The Morgan fingerprint density at radius 1 is 1.62 bits per heavy atom. The van der Waals surface area contributed by atoms with Crippen molar-refractivity contribution in [3.8, 4) is 0 Å². The van der Waals surface area contributed by atoms with E-state index in [2.05, 4.69) is 4.98 Å². The number of carbonyl (C=O) groups is 1. The van der Waals surface area contributed by atoms with Gasteiger partial charge in [-0.2, -0.15) is 0 Å². The second-order valence-electron chi connectivity index (χ2n) is 3.05. The van der Waals surface area contributed by atoms with Crippen molar-refractivity contribution in [3.05, 3.63) is 28.5 Å². The molecule has 1 rings (SSSR count). The minimum atomic E-state index is -1.06. The summed E-state index contributed by atoms with van der Waals surface area (Å²) in [5.74, 6) is -0.806. The van der Waals surface area contributed by atoms with Crippen LogP contribution in [0.5, 0.6) is 0 Å². The van der Waals surface area contributed by atoms with E-state index < -0.39 is 5.97 Å². The van der Waals surface area contributed by atoms with Crippen LogP contribution in [0.25, 0.3) is 0 Å². The summed E-state index contributed by atoms with van der Waals surface area (Å²) in [4.78, 5) is 14.3. The number of hydrogen-bond acceptors (Lipinski definition) is 2. The van der Waals surface area contributed by atoms with Crippen LogP contribution in [0.4, 0.5) is 0 Å². The molecule has 0 amide bonds. The zero-order chi connectivity index (χ0) is 10.0. The lowest BCUT2D eigenvalue weighted by Crippen LogP contribution is -2.01. The average molecular weight is 200 g/mol. The first kappa shape index (κ1) is 9.99. The Hall–Kier alpha value is -1.09. The molecule has 0 aliphatic carbocycles. The first-order chi connectivity index (χ1) is 6.02. The van der Waals surface area contributed by atoms with Crippen molar-refractivity contribution in [2.24, 2.45) is 0 Å². The second-order valence-corrected chi connectivity index (χ2v) is 3.46. The Morgan fingerprint density at radius 3 is 2.62 bits per heavy atom. The van der Waals surface area contributed by atoms with Crippen LogP contribution in [0.3, 0.4) is 0 Å². The summed E-state index contributed by atoms with van der Waals surface area (Å²) >= 11 is 5.87. The molecular formula is C9H10ClNO2. The van der Waals surface area contributed by atoms with Crippen molar-refractivity contribution in [1.82, 2.24) is 4.98 Å². The molecule has 3 nitrogen and oxygen atoms in total. The van der Waals surface area contributed by atoms with Crippen LogP contribution in [-0.4, -0.2) is 16.1 Å². The molecule has 0 aromatic carbocycles. The van der Waals surface area contributed by atoms with Crippen molar-refractivity contribution in [2.45, 2.75) is 19.8 Å². The van der Waals surface area contributed by atoms with Gasteiger partial charge in [0.25, 0.3) is 0 Å². The Bertz CT molecular complexity index is 336. The third-order valence-corrected chi connectivity index (χ3v) is 2.05. The minimum absolute atomic E-state index is 0.0191. The zero-order valence-electron chi connectivity index (χ0n) is 7.41. The Labute approximate surface area is 81.4 Å². The van der Waals surface area contributed by atoms with Gasteiger partial charge in [-0.25, -0.2) is 9.78 Å². The van der Waals surface area contributed by atoms with Gasteiger partial charge in [0, 0.05) is 11.2 Å². The van der Waals surface area contributed by atoms with E-state index in [9.17, 15) is 4.79 Å². The summed E-state index contributed by atoms with van der Waals surface area (Å²) in [6.45, 7) is 3.95. The number of carboxylic acid groups (broad SMARTS) is 1. The molecule has 0 aliphatic rings. The number of pyridine rings is 1. The molecule has 0 spiro atoms. The van der Waals surface area contributed by atoms with E-state index in [4.69, 9.17) is 16.7 Å². The maximum absolute atomic E-state index is 10.5. The lowest BCUT2D eigenvalue weighted by Gasteiger charge is -2.06. The van der Waals surface area contributed by atoms with E-state index in [1.807, 2.05) is 13.8 Å². The first-order valence-corrected chi connectivity index (χ1v) is 4.29. The van der Waals surface area contributed by atoms with Crippen LogP contribution in [0.15, 0.2) is 12.3 Å². The maximum atomic E-state index is 10.5. The molecule has 0 radical (unpaired) electrons. The molecule has 1 aromatic heterocycles. The summed E-state index contributed by atoms with van der Waals surface area (Å²) in [5.41, 5.74) is 0.848. The van der Waals surface area contributed by atoms with Crippen molar-refractivity contribution < 1.29 is 9.90 Å². The standard InChI is InChI=1S/C9H10ClNO2/c1-5(2)6-4-11-8(9(12)13)3-7(6)10/h3-5H,1-2H3,(H,12,13). The van der Waals surface area contributed by atoms with E-state index in [1.165, 1.54) is 12.3 Å². The molecule has 0 bridgehead atoms. The molecule has 1 N–H and O–H groups in total. The van der Waals surface area contributed by atoms with Gasteiger partial charge in [0.1, 0.15) is 5.69 Å². The van der Waals surface area contributed by atoms with Crippen LogP contribution in [0.1, 0.15) is 35.8 Å². The number of nitrogens with zero attached hydrogens (tertiary/aromatic N) is 1. The summed E-state index contributed by atoms with van der Waals surface area (Å²) in [5, 5.41) is 9.08. The normalized spacial score (nSPS) is 10.5. The highest BCUT2D eigenvalue weighted by Gasteiger charge is 2.10. The number of rotatable bonds is 2. The van der Waals surface area contributed by atoms with E-state index in [0.717, 1.165) is 5.56 Å². The predicted octanol–water partition coefficient (Wildman–Crippen LogP) is 2.56. The largest absolute Gasteiger partial charge is 0.477 e. The van der Waals surface area contributed by atoms with Gasteiger partial charge < -0.3 is 5.11 Å². The van der Waals surface area contributed by atoms with Crippen LogP contribution in [0.2, 0.25) is 5.02 Å². The van der Waals surface area contributed by atoms with Crippen LogP contribution in [-0.2, 0) is 0 Å². The molecule has 70 valence electrons. The van der Waals surface area contributed by atoms with Crippen LogP contribution >= 0.6 is 11.6 Å².